The van der Waals surface area contributed by atoms with Crippen LogP contribution >= 0.6 is 0 Å². The lowest BCUT2D eigenvalue weighted by Gasteiger charge is -2.40. The van der Waals surface area contributed by atoms with Crippen molar-refractivity contribution in [3.8, 4) is 0 Å². The van der Waals surface area contributed by atoms with Crippen molar-refractivity contribution in [3.05, 3.63) is 0 Å². The summed E-state index contributed by atoms with van der Waals surface area (Å²) < 4.78 is 5.38. The Morgan fingerprint density at radius 2 is 2.14 bits per heavy atom. The van der Waals surface area contributed by atoms with Gasteiger partial charge in [-0.15, -0.1) is 0 Å². The quantitative estimate of drug-likeness (QED) is 0.700. The van der Waals surface area contributed by atoms with Gasteiger partial charge >= 0.3 is 5.97 Å². The van der Waals surface area contributed by atoms with E-state index in [0.717, 1.165) is 32.4 Å². The van der Waals surface area contributed by atoms with E-state index in [4.69, 9.17) is 4.74 Å². The van der Waals surface area contributed by atoms with Gasteiger partial charge in [0.15, 0.2) is 0 Å². The molecule has 0 aliphatic heterocycles. The number of esters is 1. The molecule has 1 rings (SSSR count). The molecule has 4 nitrogen and oxygen atoms in total. The van der Waals surface area contributed by atoms with E-state index in [1.807, 2.05) is 6.92 Å². The fourth-order valence-corrected chi connectivity index (χ4v) is 3.46. The smallest absolute Gasteiger partial charge is 0.326 e. The molecule has 0 aromatic heterocycles. The molecule has 21 heavy (non-hydrogen) atoms. The molecule has 0 aromatic carbocycles. The Hall–Kier alpha value is -0.610. The summed E-state index contributed by atoms with van der Waals surface area (Å²) >= 11 is 0. The molecule has 0 spiro atoms. The summed E-state index contributed by atoms with van der Waals surface area (Å²) in [6, 6.07) is 0. The minimum Gasteiger partial charge on any atom is -0.465 e. The highest BCUT2D eigenvalue weighted by Crippen LogP contribution is 2.36. The summed E-state index contributed by atoms with van der Waals surface area (Å²) in [5.41, 5.74) is -0.455. The van der Waals surface area contributed by atoms with Gasteiger partial charge in [-0.3, -0.25) is 4.79 Å². The van der Waals surface area contributed by atoms with Crippen molar-refractivity contribution < 1.29 is 9.53 Å². The van der Waals surface area contributed by atoms with E-state index in [0.29, 0.717) is 18.4 Å². The Bertz CT molecular complexity index is 318. The standard InChI is InChI=1S/C17H34N2O2/c1-6-21-16(20)17(18-10-11-19(4)5)9-7-8-15(13-17)12-14(2)3/h14-15,18H,6-13H2,1-5H3. The van der Waals surface area contributed by atoms with Crippen molar-refractivity contribution in [2.24, 2.45) is 11.8 Å². The van der Waals surface area contributed by atoms with Crippen LogP contribution in [0.1, 0.15) is 52.9 Å². The van der Waals surface area contributed by atoms with Gasteiger partial charge in [-0.2, -0.15) is 0 Å². The van der Waals surface area contributed by atoms with Crippen LogP contribution in [0.5, 0.6) is 0 Å². The zero-order chi connectivity index (χ0) is 15.9. The monoisotopic (exact) mass is 298 g/mol. The van der Waals surface area contributed by atoms with Crippen molar-refractivity contribution >= 4 is 5.97 Å². The number of nitrogens with zero attached hydrogens (tertiary/aromatic N) is 1. The Kier molecular flexibility index (Phi) is 7.67. The Morgan fingerprint density at radius 1 is 1.43 bits per heavy atom. The molecule has 124 valence electrons. The highest BCUT2D eigenvalue weighted by atomic mass is 16.5. The van der Waals surface area contributed by atoms with Crippen molar-refractivity contribution in [1.82, 2.24) is 10.2 Å². The molecule has 0 radical (unpaired) electrons. The van der Waals surface area contributed by atoms with E-state index in [-0.39, 0.29) is 5.97 Å². The maximum Gasteiger partial charge on any atom is 0.326 e. The second-order valence-electron chi connectivity index (χ2n) is 7.12. The van der Waals surface area contributed by atoms with E-state index in [1.54, 1.807) is 0 Å². The summed E-state index contributed by atoms with van der Waals surface area (Å²) in [5.74, 6) is 1.28. The summed E-state index contributed by atoms with van der Waals surface area (Å²) in [6.07, 6.45) is 5.40. The summed E-state index contributed by atoms with van der Waals surface area (Å²) in [7, 11) is 4.11. The van der Waals surface area contributed by atoms with E-state index in [2.05, 4.69) is 38.2 Å². The van der Waals surface area contributed by atoms with Gasteiger partial charge in [0, 0.05) is 13.1 Å². The molecule has 1 N–H and O–H groups in total. The molecule has 0 heterocycles. The van der Waals surface area contributed by atoms with Gasteiger partial charge in [0.1, 0.15) is 5.54 Å². The van der Waals surface area contributed by atoms with E-state index >= 15 is 0 Å². The lowest BCUT2D eigenvalue weighted by atomic mass is 9.73. The lowest BCUT2D eigenvalue weighted by Crippen LogP contribution is -2.57. The van der Waals surface area contributed by atoms with Crippen LogP contribution in [0.15, 0.2) is 0 Å². The van der Waals surface area contributed by atoms with Crippen LogP contribution < -0.4 is 5.32 Å². The second-order valence-corrected chi connectivity index (χ2v) is 7.12. The number of ether oxygens (including phenoxy) is 1. The highest BCUT2D eigenvalue weighted by molar-refractivity contribution is 5.81. The van der Waals surface area contributed by atoms with E-state index < -0.39 is 5.54 Å². The van der Waals surface area contributed by atoms with Crippen LogP contribution in [-0.2, 0) is 9.53 Å². The predicted molar refractivity (Wildman–Crippen MR) is 87.3 cm³/mol. The Labute approximate surface area is 130 Å². The van der Waals surface area contributed by atoms with Gasteiger partial charge in [0.2, 0.25) is 0 Å². The maximum atomic E-state index is 12.5. The van der Waals surface area contributed by atoms with Crippen LogP contribution in [0.25, 0.3) is 0 Å². The number of hydrogen-bond donors (Lipinski definition) is 1. The largest absolute Gasteiger partial charge is 0.465 e. The minimum atomic E-state index is -0.455. The predicted octanol–water partition coefficient (Wildman–Crippen LogP) is 2.68. The fraction of sp³-hybridized carbons (Fsp3) is 0.941. The number of rotatable bonds is 8. The molecule has 0 amide bonds. The third-order valence-corrected chi connectivity index (χ3v) is 4.35. The van der Waals surface area contributed by atoms with Gasteiger partial charge in [-0.25, -0.2) is 0 Å². The molecule has 0 bridgehead atoms. The molecule has 1 fully saturated rings. The highest BCUT2D eigenvalue weighted by Gasteiger charge is 2.43. The van der Waals surface area contributed by atoms with Crippen molar-refractivity contribution in [2.45, 2.75) is 58.4 Å². The molecular formula is C17H34N2O2. The zero-order valence-corrected chi connectivity index (χ0v) is 14.6. The molecule has 2 atom stereocenters. The van der Waals surface area contributed by atoms with Gasteiger partial charge in [0.25, 0.3) is 0 Å². The summed E-state index contributed by atoms with van der Waals surface area (Å²) in [4.78, 5) is 14.7. The molecule has 0 saturated heterocycles. The van der Waals surface area contributed by atoms with Crippen LogP contribution in [-0.4, -0.2) is 50.2 Å². The van der Waals surface area contributed by atoms with Gasteiger partial charge in [-0.05, 0) is 52.1 Å². The molecule has 1 saturated carbocycles. The summed E-state index contributed by atoms with van der Waals surface area (Å²) in [6.45, 7) is 8.65. The number of carbonyl (C=O) groups excluding carboxylic acids is 1. The van der Waals surface area contributed by atoms with Crippen LogP contribution in [0, 0.1) is 11.8 Å². The van der Waals surface area contributed by atoms with Crippen molar-refractivity contribution in [2.75, 3.05) is 33.8 Å². The third kappa shape index (κ3) is 5.95. The van der Waals surface area contributed by atoms with Gasteiger partial charge in [0.05, 0.1) is 6.61 Å². The van der Waals surface area contributed by atoms with Gasteiger partial charge in [-0.1, -0.05) is 26.7 Å². The van der Waals surface area contributed by atoms with Crippen LogP contribution in [0.4, 0.5) is 0 Å². The lowest BCUT2D eigenvalue weighted by molar-refractivity contribution is -0.153. The van der Waals surface area contributed by atoms with E-state index in [9.17, 15) is 4.79 Å². The number of hydrogen-bond acceptors (Lipinski definition) is 4. The maximum absolute atomic E-state index is 12.5. The Morgan fingerprint density at radius 3 is 2.71 bits per heavy atom. The molecule has 1 aliphatic carbocycles. The number of carbonyl (C=O) groups is 1. The average molecular weight is 298 g/mol. The fourth-order valence-electron chi connectivity index (χ4n) is 3.46. The SMILES string of the molecule is CCOC(=O)C1(NCCN(C)C)CCCC(CC(C)C)C1. The first-order valence-electron chi connectivity index (χ1n) is 8.46. The molecule has 0 aromatic rings. The normalized spacial score (nSPS) is 26.3. The minimum absolute atomic E-state index is 0.0442. The first-order valence-corrected chi connectivity index (χ1v) is 8.46. The zero-order valence-electron chi connectivity index (χ0n) is 14.6. The molecular weight excluding hydrogens is 264 g/mol. The first kappa shape index (κ1) is 18.4. The molecule has 2 unspecified atom stereocenters. The number of nitrogens with one attached hydrogen (secondary N) is 1. The van der Waals surface area contributed by atoms with Crippen molar-refractivity contribution in [1.29, 1.82) is 0 Å². The molecule has 1 aliphatic rings. The number of likely N-dealkylation sites (N-methyl/N-ethyl adjacent to an activating group) is 1. The summed E-state index contributed by atoms with van der Waals surface area (Å²) in [5, 5.41) is 3.54. The van der Waals surface area contributed by atoms with Gasteiger partial charge < -0.3 is 15.0 Å². The van der Waals surface area contributed by atoms with Crippen LogP contribution in [0.2, 0.25) is 0 Å². The van der Waals surface area contributed by atoms with Crippen molar-refractivity contribution in [3.63, 3.8) is 0 Å². The second kappa shape index (κ2) is 8.74. The molecule has 4 heteroatoms. The third-order valence-electron chi connectivity index (χ3n) is 4.35. The Balaban J connectivity index is 2.72. The van der Waals surface area contributed by atoms with Crippen LogP contribution in [0.3, 0.4) is 0 Å². The topological polar surface area (TPSA) is 41.6 Å². The average Bonchev–Trinajstić information content (AvgIpc) is 2.38. The van der Waals surface area contributed by atoms with E-state index in [1.165, 1.54) is 12.8 Å². The first-order chi connectivity index (χ1) is 9.89.